The molecular weight excluding hydrogens is 310 g/mol. The predicted octanol–water partition coefficient (Wildman–Crippen LogP) is 1.46. The highest BCUT2D eigenvalue weighted by molar-refractivity contribution is 9.10. The number of morpholine rings is 1. The Labute approximate surface area is 121 Å². The zero-order valence-electron chi connectivity index (χ0n) is 10.6. The van der Waals surface area contributed by atoms with E-state index in [1.165, 1.54) is 0 Å². The Morgan fingerprint density at radius 1 is 1.58 bits per heavy atom. The van der Waals surface area contributed by atoms with Crippen molar-refractivity contribution < 1.29 is 9.47 Å². The van der Waals surface area contributed by atoms with Crippen molar-refractivity contribution in [2.45, 2.75) is 6.10 Å². The number of nitrogens with one attached hydrogen (secondary N) is 1. The monoisotopic (exact) mass is 327 g/mol. The van der Waals surface area contributed by atoms with Gasteiger partial charge in [-0.3, -0.25) is 10.3 Å². The van der Waals surface area contributed by atoms with Gasteiger partial charge in [-0.25, -0.2) is 0 Å². The van der Waals surface area contributed by atoms with Crippen molar-refractivity contribution in [2.75, 3.05) is 32.8 Å². The molecule has 1 atom stereocenters. The number of nitrogens with two attached hydrogens (primary N) is 1. The Morgan fingerprint density at radius 2 is 2.42 bits per heavy atom. The molecular formula is C13H18BrN3O2. The second kappa shape index (κ2) is 6.88. The summed E-state index contributed by atoms with van der Waals surface area (Å²) in [5.74, 6) is 0.948. The Kier molecular flexibility index (Phi) is 5.18. The first-order chi connectivity index (χ1) is 9.15. The zero-order valence-corrected chi connectivity index (χ0v) is 12.2. The van der Waals surface area contributed by atoms with Crippen LogP contribution in [-0.4, -0.2) is 49.7 Å². The first-order valence-corrected chi connectivity index (χ1v) is 7.00. The van der Waals surface area contributed by atoms with Gasteiger partial charge < -0.3 is 15.2 Å². The molecule has 1 fully saturated rings. The van der Waals surface area contributed by atoms with Crippen LogP contribution in [0.1, 0.15) is 0 Å². The summed E-state index contributed by atoms with van der Waals surface area (Å²) in [6.45, 7) is 3.55. The molecule has 0 saturated carbocycles. The predicted molar refractivity (Wildman–Crippen MR) is 77.7 cm³/mol. The van der Waals surface area contributed by atoms with Crippen LogP contribution < -0.4 is 10.5 Å². The molecule has 0 spiro atoms. The lowest BCUT2D eigenvalue weighted by Gasteiger charge is -2.32. The summed E-state index contributed by atoms with van der Waals surface area (Å²) < 4.78 is 12.1. The minimum atomic E-state index is -0.278. The van der Waals surface area contributed by atoms with Crippen LogP contribution in [0.2, 0.25) is 0 Å². The molecule has 19 heavy (non-hydrogen) atoms. The lowest BCUT2D eigenvalue weighted by Crippen LogP contribution is -2.49. The molecule has 0 aliphatic carbocycles. The van der Waals surface area contributed by atoms with Crippen molar-refractivity contribution in [1.29, 1.82) is 5.41 Å². The summed E-state index contributed by atoms with van der Waals surface area (Å²) >= 11 is 3.41. The second-order valence-electron chi connectivity index (χ2n) is 4.42. The number of ether oxygens (including phenoxy) is 2. The van der Waals surface area contributed by atoms with E-state index in [2.05, 4.69) is 20.8 Å². The lowest BCUT2D eigenvalue weighted by atomic mass is 10.2. The van der Waals surface area contributed by atoms with Crippen LogP contribution in [0.5, 0.6) is 5.75 Å². The molecule has 0 bridgehead atoms. The highest BCUT2D eigenvalue weighted by Crippen LogP contribution is 2.17. The Hall–Kier alpha value is -1.11. The molecule has 0 amide bonds. The topological polar surface area (TPSA) is 71.6 Å². The summed E-state index contributed by atoms with van der Waals surface area (Å²) in [4.78, 5) is 2.20. The van der Waals surface area contributed by atoms with E-state index in [1.54, 1.807) is 0 Å². The van der Waals surface area contributed by atoms with E-state index in [-0.39, 0.29) is 11.9 Å². The third kappa shape index (κ3) is 4.49. The quantitative estimate of drug-likeness (QED) is 0.634. The normalized spacial score (nSPS) is 20.2. The largest absolute Gasteiger partial charge is 0.492 e. The summed E-state index contributed by atoms with van der Waals surface area (Å²) in [7, 11) is 0. The van der Waals surface area contributed by atoms with Gasteiger partial charge in [0.05, 0.1) is 6.61 Å². The standard InChI is InChI=1S/C13H18BrN3O2/c14-10-2-1-3-11(8-10)18-6-4-17-5-7-19-12(9-17)13(15)16/h1-3,8,12H,4-7,9H2,(H3,15,16). The van der Waals surface area contributed by atoms with Crippen molar-refractivity contribution in [2.24, 2.45) is 5.73 Å². The Balaban J connectivity index is 1.75. The average Bonchev–Trinajstić information content (AvgIpc) is 2.39. The summed E-state index contributed by atoms with van der Waals surface area (Å²) in [6, 6.07) is 7.78. The smallest absolute Gasteiger partial charge is 0.127 e. The molecule has 1 aromatic rings. The first kappa shape index (κ1) is 14.3. The van der Waals surface area contributed by atoms with Gasteiger partial charge in [-0.1, -0.05) is 22.0 Å². The summed E-state index contributed by atoms with van der Waals surface area (Å²) in [6.07, 6.45) is -0.278. The Bertz CT molecular complexity index is 442. The molecule has 1 aliphatic heterocycles. The fourth-order valence-corrected chi connectivity index (χ4v) is 2.32. The molecule has 5 nitrogen and oxygen atoms in total. The fraction of sp³-hybridized carbons (Fsp3) is 0.462. The maximum absolute atomic E-state index is 7.40. The maximum atomic E-state index is 7.40. The van der Waals surface area contributed by atoms with E-state index in [9.17, 15) is 0 Å². The number of hydrogen-bond donors (Lipinski definition) is 2. The van der Waals surface area contributed by atoms with Crippen LogP contribution in [0.3, 0.4) is 0 Å². The van der Waals surface area contributed by atoms with Gasteiger partial charge in [-0.05, 0) is 18.2 Å². The number of hydrogen-bond acceptors (Lipinski definition) is 4. The Morgan fingerprint density at radius 3 is 3.16 bits per heavy atom. The minimum absolute atomic E-state index is 0.0950. The number of halogens is 1. The second-order valence-corrected chi connectivity index (χ2v) is 5.34. The first-order valence-electron chi connectivity index (χ1n) is 6.21. The van der Waals surface area contributed by atoms with E-state index in [0.29, 0.717) is 19.8 Å². The number of rotatable bonds is 5. The molecule has 3 N–H and O–H groups in total. The fourth-order valence-electron chi connectivity index (χ4n) is 1.94. The van der Waals surface area contributed by atoms with Gasteiger partial charge in [0.25, 0.3) is 0 Å². The highest BCUT2D eigenvalue weighted by Gasteiger charge is 2.22. The van der Waals surface area contributed by atoms with Crippen LogP contribution in [0, 0.1) is 5.41 Å². The van der Waals surface area contributed by atoms with Crippen LogP contribution in [0.25, 0.3) is 0 Å². The van der Waals surface area contributed by atoms with Gasteiger partial charge >= 0.3 is 0 Å². The van der Waals surface area contributed by atoms with Gasteiger partial charge in [0.15, 0.2) is 0 Å². The molecule has 0 radical (unpaired) electrons. The third-order valence-corrected chi connectivity index (χ3v) is 3.46. The van der Waals surface area contributed by atoms with Gasteiger partial charge in [0.2, 0.25) is 0 Å². The molecule has 6 heteroatoms. The van der Waals surface area contributed by atoms with Gasteiger partial charge in [0, 0.05) is 24.1 Å². The molecule has 1 saturated heterocycles. The molecule has 0 aromatic heterocycles. The SMILES string of the molecule is N=C(N)C1CN(CCOc2cccc(Br)c2)CCO1. The van der Waals surface area contributed by atoms with Crippen molar-refractivity contribution in [3.05, 3.63) is 28.7 Å². The van der Waals surface area contributed by atoms with E-state index in [0.717, 1.165) is 23.3 Å². The van der Waals surface area contributed by atoms with Crippen molar-refractivity contribution in [3.8, 4) is 5.75 Å². The minimum Gasteiger partial charge on any atom is -0.492 e. The maximum Gasteiger partial charge on any atom is 0.127 e. The van der Waals surface area contributed by atoms with Crippen LogP contribution in [0.4, 0.5) is 0 Å². The van der Waals surface area contributed by atoms with Crippen molar-refractivity contribution in [1.82, 2.24) is 4.90 Å². The number of benzene rings is 1. The number of amidine groups is 1. The van der Waals surface area contributed by atoms with Gasteiger partial charge in [-0.2, -0.15) is 0 Å². The average molecular weight is 328 g/mol. The number of nitrogens with zero attached hydrogens (tertiary/aromatic N) is 1. The molecule has 1 unspecified atom stereocenters. The lowest BCUT2D eigenvalue weighted by molar-refractivity contribution is 0.00156. The van der Waals surface area contributed by atoms with Gasteiger partial charge in [-0.15, -0.1) is 0 Å². The van der Waals surface area contributed by atoms with Crippen LogP contribution in [-0.2, 0) is 4.74 Å². The third-order valence-electron chi connectivity index (χ3n) is 2.97. The van der Waals surface area contributed by atoms with E-state index in [4.69, 9.17) is 20.6 Å². The van der Waals surface area contributed by atoms with E-state index >= 15 is 0 Å². The highest BCUT2D eigenvalue weighted by atomic mass is 79.9. The molecule has 1 aromatic carbocycles. The van der Waals surface area contributed by atoms with Crippen molar-refractivity contribution in [3.63, 3.8) is 0 Å². The van der Waals surface area contributed by atoms with Crippen LogP contribution >= 0.6 is 15.9 Å². The van der Waals surface area contributed by atoms with Crippen molar-refractivity contribution >= 4 is 21.8 Å². The van der Waals surface area contributed by atoms with Gasteiger partial charge in [0.1, 0.15) is 24.3 Å². The summed E-state index contributed by atoms with van der Waals surface area (Å²) in [5.41, 5.74) is 5.46. The molecule has 1 heterocycles. The molecule has 104 valence electrons. The van der Waals surface area contributed by atoms with Crippen LogP contribution in [0.15, 0.2) is 28.7 Å². The molecule has 1 aliphatic rings. The van der Waals surface area contributed by atoms with E-state index in [1.807, 2.05) is 24.3 Å². The van der Waals surface area contributed by atoms with E-state index < -0.39 is 0 Å². The molecule has 2 rings (SSSR count). The zero-order chi connectivity index (χ0) is 13.7. The summed E-state index contributed by atoms with van der Waals surface area (Å²) in [5, 5.41) is 7.40.